The summed E-state index contributed by atoms with van der Waals surface area (Å²) >= 11 is 0. The van der Waals surface area contributed by atoms with E-state index in [2.05, 4.69) is 62.2 Å². The van der Waals surface area contributed by atoms with Crippen LogP contribution in [0.25, 0.3) is 0 Å². The maximum absolute atomic E-state index is 3.81. The predicted molar refractivity (Wildman–Crippen MR) is 87.2 cm³/mol. The zero-order valence-corrected chi connectivity index (χ0v) is 13.5. The number of hydrogen-bond donors (Lipinski definition) is 1. The Bertz CT molecular complexity index is 396. The van der Waals surface area contributed by atoms with Crippen LogP contribution in [0.5, 0.6) is 0 Å². The summed E-state index contributed by atoms with van der Waals surface area (Å²) in [4.78, 5) is 2.55. The van der Waals surface area contributed by atoms with Crippen molar-refractivity contribution in [1.29, 1.82) is 0 Å². The molecule has 0 radical (unpaired) electrons. The number of hydrogen-bond acceptors (Lipinski definition) is 2. The van der Waals surface area contributed by atoms with Crippen LogP contribution < -0.4 is 5.32 Å². The Morgan fingerprint density at radius 1 is 1.15 bits per heavy atom. The van der Waals surface area contributed by atoms with Crippen LogP contribution in [-0.4, -0.2) is 30.6 Å². The molecule has 2 atom stereocenters. The van der Waals surface area contributed by atoms with Gasteiger partial charge in [-0.2, -0.15) is 0 Å². The van der Waals surface area contributed by atoms with Crippen LogP contribution in [0.4, 0.5) is 0 Å². The second-order valence-corrected chi connectivity index (χ2v) is 6.44. The second-order valence-electron chi connectivity index (χ2n) is 6.44. The monoisotopic (exact) mass is 274 g/mol. The molecule has 2 unspecified atom stereocenters. The molecule has 0 aliphatic carbocycles. The fourth-order valence-corrected chi connectivity index (χ4v) is 3.10. The van der Waals surface area contributed by atoms with Gasteiger partial charge in [0.15, 0.2) is 0 Å². The van der Waals surface area contributed by atoms with Gasteiger partial charge in [-0.1, -0.05) is 45.0 Å². The quantitative estimate of drug-likeness (QED) is 0.874. The van der Waals surface area contributed by atoms with Gasteiger partial charge < -0.3 is 10.2 Å². The van der Waals surface area contributed by atoms with Crippen molar-refractivity contribution < 1.29 is 0 Å². The Labute approximate surface area is 124 Å². The summed E-state index contributed by atoms with van der Waals surface area (Å²) in [6.45, 7) is 12.7. The molecule has 1 aromatic carbocycles. The standard InChI is InChI=1S/C18H30N2/c1-5-20-12-6-7-18(13-20)19-15(4)17-10-8-16(9-11-17)14(2)3/h8-11,14-15,18-19H,5-7,12-13H2,1-4H3. The number of piperidine rings is 1. The highest BCUT2D eigenvalue weighted by molar-refractivity contribution is 5.26. The maximum Gasteiger partial charge on any atom is 0.0294 e. The van der Waals surface area contributed by atoms with Crippen molar-refractivity contribution in [2.24, 2.45) is 0 Å². The molecule has 0 amide bonds. The van der Waals surface area contributed by atoms with Crippen LogP contribution in [-0.2, 0) is 0 Å². The fourth-order valence-electron chi connectivity index (χ4n) is 3.10. The molecule has 112 valence electrons. The number of likely N-dealkylation sites (tertiary alicyclic amines) is 1. The van der Waals surface area contributed by atoms with E-state index in [0.29, 0.717) is 18.0 Å². The zero-order chi connectivity index (χ0) is 14.5. The normalized spacial score (nSPS) is 22.1. The van der Waals surface area contributed by atoms with Crippen LogP contribution in [0, 0.1) is 0 Å². The van der Waals surface area contributed by atoms with Crippen molar-refractivity contribution in [1.82, 2.24) is 10.2 Å². The molecular formula is C18H30N2. The SMILES string of the molecule is CCN1CCCC(NC(C)c2ccc(C(C)C)cc2)C1. The molecule has 1 saturated heterocycles. The summed E-state index contributed by atoms with van der Waals surface area (Å²) in [5, 5.41) is 3.81. The number of rotatable bonds is 5. The molecule has 1 aromatic rings. The van der Waals surface area contributed by atoms with Gasteiger partial charge in [0.05, 0.1) is 0 Å². The van der Waals surface area contributed by atoms with Crippen molar-refractivity contribution in [3.63, 3.8) is 0 Å². The third kappa shape index (κ3) is 4.07. The summed E-state index contributed by atoms with van der Waals surface area (Å²) in [5.41, 5.74) is 2.83. The first-order valence-corrected chi connectivity index (χ1v) is 8.18. The molecule has 2 heteroatoms. The average Bonchev–Trinajstić information content (AvgIpc) is 2.47. The average molecular weight is 274 g/mol. The highest BCUT2D eigenvalue weighted by Crippen LogP contribution is 2.20. The van der Waals surface area contributed by atoms with Gasteiger partial charge in [-0.05, 0) is 49.9 Å². The highest BCUT2D eigenvalue weighted by Gasteiger charge is 2.20. The summed E-state index contributed by atoms with van der Waals surface area (Å²) in [6.07, 6.45) is 2.63. The van der Waals surface area contributed by atoms with Gasteiger partial charge in [-0.25, -0.2) is 0 Å². The van der Waals surface area contributed by atoms with E-state index in [4.69, 9.17) is 0 Å². The van der Waals surface area contributed by atoms with E-state index in [-0.39, 0.29) is 0 Å². The number of benzene rings is 1. The molecule has 0 bridgehead atoms. The highest BCUT2D eigenvalue weighted by atomic mass is 15.2. The van der Waals surface area contributed by atoms with E-state index < -0.39 is 0 Å². The van der Waals surface area contributed by atoms with E-state index in [1.165, 1.54) is 43.6 Å². The van der Waals surface area contributed by atoms with Gasteiger partial charge in [0.2, 0.25) is 0 Å². The zero-order valence-electron chi connectivity index (χ0n) is 13.5. The third-order valence-corrected chi connectivity index (χ3v) is 4.54. The fraction of sp³-hybridized carbons (Fsp3) is 0.667. The van der Waals surface area contributed by atoms with Crippen molar-refractivity contribution in [3.05, 3.63) is 35.4 Å². The lowest BCUT2D eigenvalue weighted by Crippen LogP contribution is -2.46. The molecule has 1 N–H and O–H groups in total. The number of nitrogens with one attached hydrogen (secondary N) is 1. The van der Waals surface area contributed by atoms with Crippen molar-refractivity contribution in [2.75, 3.05) is 19.6 Å². The number of nitrogens with zero attached hydrogens (tertiary/aromatic N) is 1. The lowest BCUT2D eigenvalue weighted by atomic mass is 9.98. The van der Waals surface area contributed by atoms with E-state index in [0.717, 1.165) is 0 Å². The second kappa shape index (κ2) is 7.24. The maximum atomic E-state index is 3.81. The first kappa shape index (κ1) is 15.5. The van der Waals surface area contributed by atoms with Crippen molar-refractivity contribution in [2.45, 2.75) is 58.5 Å². The third-order valence-electron chi connectivity index (χ3n) is 4.54. The van der Waals surface area contributed by atoms with Crippen LogP contribution >= 0.6 is 0 Å². The molecular weight excluding hydrogens is 244 g/mol. The van der Waals surface area contributed by atoms with Crippen LogP contribution in [0.15, 0.2) is 24.3 Å². The molecule has 20 heavy (non-hydrogen) atoms. The Morgan fingerprint density at radius 3 is 2.40 bits per heavy atom. The molecule has 1 heterocycles. The van der Waals surface area contributed by atoms with E-state index in [1.54, 1.807) is 0 Å². The first-order valence-electron chi connectivity index (χ1n) is 8.18. The summed E-state index contributed by atoms with van der Waals surface area (Å²) < 4.78 is 0. The summed E-state index contributed by atoms with van der Waals surface area (Å²) in [5.74, 6) is 0.615. The number of likely N-dealkylation sites (N-methyl/N-ethyl adjacent to an activating group) is 1. The Kier molecular flexibility index (Phi) is 5.62. The van der Waals surface area contributed by atoms with Gasteiger partial charge in [-0.15, -0.1) is 0 Å². The minimum Gasteiger partial charge on any atom is -0.306 e. The Hall–Kier alpha value is -0.860. The Balaban J connectivity index is 1.92. The van der Waals surface area contributed by atoms with Crippen LogP contribution in [0.1, 0.15) is 63.6 Å². The minimum atomic E-state index is 0.443. The van der Waals surface area contributed by atoms with E-state index in [1.807, 2.05) is 0 Å². The van der Waals surface area contributed by atoms with Gasteiger partial charge in [0.1, 0.15) is 0 Å². The summed E-state index contributed by atoms with van der Waals surface area (Å²) in [7, 11) is 0. The molecule has 1 fully saturated rings. The van der Waals surface area contributed by atoms with Crippen LogP contribution in [0.2, 0.25) is 0 Å². The molecule has 1 aliphatic heterocycles. The molecule has 2 nitrogen and oxygen atoms in total. The molecule has 2 rings (SSSR count). The summed E-state index contributed by atoms with van der Waals surface area (Å²) in [6, 6.07) is 10.2. The smallest absolute Gasteiger partial charge is 0.0294 e. The van der Waals surface area contributed by atoms with E-state index in [9.17, 15) is 0 Å². The van der Waals surface area contributed by atoms with E-state index >= 15 is 0 Å². The van der Waals surface area contributed by atoms with Gasteiger partial charge in [-0.3, -0.25) is 0 Å². The molecule has 1 aliphatic rings. The van der Waals surface area contributed by atoms with Crippen LogP contribution in [0.3, 0.4) is 0 Å². The van der Waals surface area contributed by atoms with Crippen molar-refractivity contribution >= 4 is 0 Å². The predicted octanol–water partition coefficient (Wildman–Crippen LogP) is 3.94. The molecule has 0 saturated carbocycles. The lowest BCUT2D eigenvalue weighted by Gasteiger charge is -2.34. The largest absolute Gasteiger partial charge is 0.306 e. The molecule has 0 spiro atoms. The van der Waals surface area contributed by atoms with Crippen molar-refractivity contribution in [3.8, 4) is 0 Å². The topological polar surface area (TPSA) is 15.3 Å². The molecule has 0 aromatic heterocycles. The van der Waals surface area contributed by atoms with Gasteiger partial charge >= 0.3 is 0 Å². The first-order chi connectivity index (χ1) is 9.60. The van der Waals surface area contributed by atoms with Gasteiger partial charge in [0.25, 0.3) is 0 Å². The minimum absolute atomic E-state index is 0.443. The Morgan fingerprint density at radius 2 is 1.80 bits per heavy atom. The lowest BCUT2D eigenvalue weighted by molar-refractivity contribution is 0.192. The van der Waals surface area contributed by atoms with Gasteiger partial charge in [0, 0.05) is 18.6 Å².